The third-order valence-corrected chi connectivity index (χ3v) is 8.77. The van der Waals surface area contributed by atoms with Gasteiger partial charge in [0.15, 0.2) is 17.5 Å². The monoisotopic (exact) mass is 660 g/mol. The van der Waals surface area contributed by atoms with E-state index in [2.05, 4.69) is 10.1 Å². The van der Waals surface area contributed by atoms with E-state index in [-0.39, 0.29) is 19.1 Å². The maximum Gasteiger partial charge on any atom is 0.257 e. The van der Waals surface area contributed by atoms with Gasteiger partial charge in [0, 0.05) is 37.1 Å². The van der Waals surface area contributed by atoms with Crippen molar-refractivity contribution in [3.8, 4) is 28.7 Å². The molecule has 0 saturated heterocycles. The molecular formula is C38H36N4O7. The van der Waals surface area contributed by atoms with Crippen molar-refractivity contribution in [1.82, 2.24) is 15.0 Å². The summed E-state index contributed by atoms with van der Waals surface area (Å²) in [6, 6.07) is 30.3. The number of aliphatic hydroxyl groups is 1. The molecule has 2 aliphatic heterocycles. The van der Waals surface area contributed by atoms with Crippen molar-refractivity contribution in [2.24, 2.45) is 4.99 Å². The van der Waals surface area contributed by atoms with Gasteiger partial charge in [0.05, 0.1) is 27.4 Å². The first kappa shape index (κ1) is 31.9. The van der Waals surface area contributed by atoms with E-state index in [4.69, 9.17) is 33.6 Å². The van der Waals surface area contributed by atoms with Gasteiger partial charge in [-0.2, -0.15) is 4.98 Å². The van der Waals surface area contributed by atoms with Gasteiger partial charge in [-0.1, -0.05) is 41.6 Å². The zero-order valence-corrected chi connectivity index (χ0v) is 27.2. The number of ether oxygens (including phenoxy) is 4. The predicted octanol–water partition coefficient (Wildman–Crippen LogP) is 5.56. The molecular weight excluding hydrogens is 624 g/mol. The van der Waals surface area contributed by atoms with Gasteiger partial charge in [0.25, 0.3) is 11.8 Å². The summed E-state index contributed by atoms with van der Waals surface area (Å²) in [7, 11) is 3.22. The lowest BCUT2D eigenvalue weighted by Crippen LogP contribution is -2.49. The van der Waals surface area contributed by atoms with E-state index < -0.39 is 11.6 Å². The second-order valence-corrected chi connectivity index (χ2v) is 11.9. The first-order valence-electron chi connectivity index (χ1n) is 16.1. The van der Waals surface area contributed by atoms with Crippen molar-refractivity contribution in [2.45, 2.75) is 37.6 Å². The summed E-state index contributed by atoms with van der Waals surface area (Å²) >= 11 is 0. The molecule has 1 amide bonds. The maximum absolute atomic E-state index is 15.1. The number of hydrogen-bond acceptors (Lipinski definition) is 10. The first-order valence-corrected chi connectivity index (χ1v) is 16.1. The number of benzene rings is 4. The lowest BCUT2D eigenvalue weighted by Gasteiger charge is -2.33. The molecule has 0 aliphatic carbocycles. The minimum Gasteiger partial charge on any atom is -0.497 e. The SMILES string of the molecule is COc1ccc(-c2nc(CN3Cc4ccccc4C[C@@]4(N=C(c5ccc(OCCCO)cc5)O[C@H]4c4cccc(OC)c4)C3=O)no2)cc1. The smallest absolute Gasteiger partial charge is 0.257 e. The summed E-state index contributed by atoms with van der Waals surface area (Å²) in [4.78, 5) is 26.6. The highest BCUT2D eigenvalue weighted by atomic mass is 16.5. The van der Waals surface area contributed by atoms with Crippen LogP contribution in [-0.2, 0) is 29.0 Å². The number of fused-ring (bicyclic) bond motifs is 1. The zero-order chi connectivity index (χ0) is 33.8. The Hall–Kier alpha value is -5.68. The Morgan fingerprint density at radius 1 is 0.878 bits per heavy atom. The highest BCUT2D eigenvalue weighted by Crippen LogP contribution is 2.46. The summed E-state index contributed by atoms with van der Waals surface area (Å²) < 4.78 is 28.9. The molecule has 3 heterocycles. The molecule has 49 heavy (non-hydrogen) atoms. The number of methoxy groups -OCH3 is 2. The molecule has 4 aromatic carbocycles. The van der Waals surface area contributed by atoms with Crippen molar-refractivity contribution < 1.29 is 33.4 Å². The average molecular weight is 661 g/mol. The topological polar surface area (TPSA) is 129 Å². The summed E-state index contributed by atoms with van der Waals surface area (Å²) in [6.45, 7) is 0.893. The molecule has 1 aromatic heterocycles. The minimum atomic E-state index is -1.35. The van der Waals surface area contributed by atoms with Crippen molar-refractivity contribution in [2.75, 3.05) is 27.4 Å². The van der Waals surface area contributed by atoms with Crippen LogP contribution in [0.5, 0.6) is 17.2 Å². The second kappa shape index (κ2) is 13.8. The molecule has 5 aromatic rings. The average Bonchev–Trinajstić information content (AvgIpc) is 3.75. The third-order valence-electron chi connectivity index (χ3n) is 8.77. The third kappa shape index (κ3) is 6.44. The van der Waals surface area contributed by atoms with Gasteiger partial charge in [-0.15, -0.1) is 0 Å². The van der Waals surface area contributed by atoms with Gasteiger partial charge in [-0.25, -0.2) is 4.99 Å². The summed E-state index contributed by atoms with van der Waals surface area (Å²) in [5, 5.41) is 13.3. The fraction of sp³-hybridized carbons (Fsp3) is 0.263. The van der Waals surface area contributed by atoms with Crippen molar-refractivity contribution >= 4 is 11.8 Å². The highest BCUT2D eigenvalue weighted by Gasteiger charge is 2.56. The predicted molar refractivity (Wildman–Crippen MR) is 180 cm³/mol. The van der Waals surface area contributed by atoms with Crippen LogP contribution in [0.15, 0.2) is 107 Å². The number of aliphatic imine (C=N–C) groups is 1. The number of amides is 1. The molecule has 0 radical (unpaired) electrons. The number of nitrogens with zero attached hydrogens (tertiary/aromatic N) is 4. The van der Waals surface area contributed by atoms with Gasteiger partial charge >= 0.3 is 0 Å². The standard InChI is InChI=1S/C38H36N4O7/c1-45-30-15-11-25(12-16-30)35-39-33(41-49-35)24-42-23-29-8-4-3-7-28(29)22-38(37(42)44)34(27-9-5-10-32(21-27)46-2)48-36(40-38)26-13-17-31(18-14-26)47-20-6-19-43/h3-5,7-18,21,34,43H,6,19-20,22-24H2,1-2H3/t34-,38-/m0/s1. The zero-order valence-electron chi connectivity index (χ0n) is 27.2. The van der Waals surface area contributed by atoms with E-state index >= 15 is 4.79 Å². The Morgan fingerprint density at radius 2 is 1.61 bits per heavy atom. The lowest BCUT2D eigenvalue weighted by molar-refractivity contribution is -0.140. The minimum absolute atomic E-state index is 0.0567. The number of rotatable bonds is 11. The Kier molecular flexibility index (Phi) is 8.99. The van der Waals surface area contributed by atoms with Crippen LogP contribution in [0.3, 0.4) is 0 Å². The van der Waals surface area contributed by atoms with Gasteiger partial charge in [0.1, 0.15) is 17.2 Å². The molecule has 0 saturated carbocycles. The van der Waals surface area contributed by atoms with Crippen LogP contribution in [0.4, 0.5) is 0 Å². The van der Waals surface area contributed by atoms with Crippen LogP contribution >= 0.6 is 0 Å². The highest BCUT2D eigenvalue weighted by molar-refractivity contribution is 6.01. The molecule has 2 aliphatic rings. The Bertz CT molecular complexity index is 1960. The van der Waals surface area contributed by atoms with Crippen molar-refractivity contribution in [1.29, 1.82) is 0 Å². The summed E-state index contributed by atoms with van der Waals surface area (Å²) in [6.07, 6.45) is 0.0873. The molecule has 11 nitrogen and oxygen atoms in total. The van der Waals surface area contributed by atoms with Crippen LogP contribution in [0.1, 0.15) is 40.6 Å². The van der Waals surface area contributed by atoms with Crippen LogP contribution in [0.2, 0.25) is 0 Å². The van der Waals surface area contributed by atoms with Crippen LogP contribution in [-0.4, -0.2) is 64.9 Å². The van der Waals surface area contributed by atoms with E-state index in [9.17, 15) is 0 Å². The second-order valence-electron chi connectivity index (χ2n) is 11.9. The normalized spacial score (nSPS) is 18.4. The fourth-order valence-electron chi connectivity index (χ4n) is 6.27. The number of carbonyl (C=O) groups excluding carboxylic acids is 1. The maximum atomic E-state index is 15.1. The molecule has 0 unspecified atom stereocenters. The van der Waals surface area contributed by atoms with E-state index in [1.54, 1.807) is 19.1 Å². The van der Waals surface area contributed by atoms with E-state index in [0.29, 0.717) is 66.4 Å². The Labute approximate surface area is 283 Å². The van der Waals surface area contributed by atoms with Crippen LogP contribution in [0.25, 0.3) is 11.5 Å². The quantitative estimate of drug-likeness (QED) is 0.181. The molecule has 11 heteroatoms. The largest absolute Gasteiger partial charge is 0.497 e. The number of carbonyl (C=O) groups is 1. The van der Waals surface area contributed by atoms with E-state index in [1.807, 2.05) is 97.1 Å². The fourth-order valence-corrected chi connectivity index (χ4v) is 6.27. The van der Waals surface area contributed by atoms with E-state index in [1.165, 1.54) is 0 Å². The van der Waals surface area contributed by atoms with Gasteiger partial charge in [-0.3, -0.25) is 4.79 Å². The molecule has 7 rings (SSSR count). The molecule has 0 fully saturated rings. The van der Waals surface area contributed by atoms with E-state index in [0.717, 1.165) is 22.3 Å². The molecule has 1 N–H and O–H groups in total. The summed E-state index contributed by atoms with van der Waals surface area (Å²) in [5.41, 5.74) is 2.86. The van der Waals surface area contributed by atoms with Crippen LogP contribution in [0, 0.1) is 0 Å². The summed E-state index contributed by atoms with van der Waals surface area (Å²) in [5.74, 6) is 2.87. The molecule has 2 atom stereocenters. The van der Waals surface area contributed by atoms with Gasteiger partial charge < -0.3 is 33.5 Å². The Balaban J connectivity index is 1.28. The molecule has 0 bridgehead atoms. The van der Waals surface area contributed by atoms with Crippen molar-refractivity contribution in [3.63, 3.8) is 0 Å². The Morgan fingerprint density at radius 3 is 2.37 bits per heavy atom. The van der Waals surface area contributed by atoms with Gasteiger partial charge in [-0.05, 0) is 77.4 Å². The number of aliphatic hydroxyl groups excluding tert-OH is 1. The molecule has 1 spiro atoms. The lowest BCUT2D eigenvalue weighted by atomic mass is 9.81. The van der Waals surface area contributed by atoms with Crippen LogP contribution < -0.4 is 14.2 Å². The molecule has 250 valence electrons. The number of hydrogen-bond donors (Lipinski definition) is 1. The van der Waals surface area contributed by atoms with Gasteiger partial charge in [0.2, 0.25) is 5.90 Å². The van der Waals surface area contributed by atoms with Crippen molar-refractivity contribution in [3.05, 3.63) is 125 Å². The number of aromatic nitrogens is 2. The first-order chi connectivity index (χ1) is 24.0.